The van der Waals surface area contributed by atoms with E-state index < -0.39 is 0 Å². The van der Waals surface area contributed by atoms with E-state index in [1.807, 2.05) is 6.20 Å². The van der Waals surface area contributed by atoms with E-state index in [0.29, 0.717) is 18.5 Å². The summed E-state index contributed by atoms with van der Waals surface area (Å²) in [5.41, 5.74) is 7.98. The van der Waals surface area contributed by atoms with Crippen molar-refractivity contribution in [2.75, 3.05) is 6.54 Å². The number of H-pyrrole nitrogens is 1. The molecule has 2 aromatic rings. The smallest absolute Gasteiger partial charge is 0.188 e. The molecule has 0 radical (unpaired) electrons. The summed E-state index contributed by atoms with van der Waals surface area (Å²) in [5, 5.41) is 4.23. The van der Waals surface area contributed by atoms with Crippen molar-refractivity contribution in [3.8, 4) is 0 Å². The Labute approximate surface area is 153 Å². The van der Waals surface area contributed by atoms with E-state index in [2.05, 4.69) is 15.3 Å². The summed E-state index contributed by atoms with van der Waals surface area (Å²) in [4.78, 5) is 7.56. The Hall–Kier alpha value is -1.31. The van der Waals surface area contributed by atoms with E-state index >= 15 is 0 Å². The molecule has 0 atom stereocenters. The average Bonchev–Trinajstić information content (AvgIpc) is 2.91. The molecule has 1 saturated carbocycles. The molecule has 0 amide bonds. The second-order valence-corrected chi connectivity index (χ2v) is 6.00. The fourth-order valence-electron chi connectivity index (χ4n) is 3.16. The Morgan fingerprint density at radius 3 is 2.87 bits per heavy atom. The van der Waals surface area contributed by atoms with Crippen LogP contribution in [-0.2, 0) is 6.42 Å². The highest BCUT2D eigenvalue weighted by Crippen LogP contribution is 2.20. The first-order valence-corrected chi connectivity index (χ1v) is 8.04. The van der Waals surface area contributed by atoms with Gasteiger partial charge in [-0.3, -0.25) is 4.99 Å². The van der Waals surface area contributed by atoms with Gasteiger partial charge in [0.2, 0.25) is 0 Å². The minimum atomic E-state index is -0.213. The number of aromatic amines is 1. The highest BCUT2D eigenvalue weighted by atomic mass is 127. The van der Waals surface area contributed by atoms with Crippen LogP contribution in [0.15, 0.2) is 29.4 Å². The summed E-state index contributed by atoms with van der Waals surface area (Å²) >= 11 is 0. The summed E-state index contributed by atoms with van der Waals surface area (Å²) in [7, 11) is 0. The number of hydrogen-bond acceptors (Lipinski definition) is 1. The largest absolute Gasteiger partial charge is 0.370 e. The lowest BCUT2D eigenvalue weighted by molar-refractivity contribution is 0.412. The number of fused-ring (bicyclic) bond motifs is 1. The van der Waals surface area contributed by atoms with E-state index in [-0.39, 0.29) is 29.8 Å². The minimum Gasteiger partial charge on any atom is -0.370 e. The summed E-state index contributed by atoms with van der Waals surface area (Å²) in [5.74, 6) is 0.313. The molecule has 0 aliphatic heterocycles. The molecule has 1 aromatic carbocycles. The van der Waals surface area contributed by atoms with Gasteiger partial charge in [-0.05, 0) is 43.0 Å². The number of nitrogens with two attached hydrogens (primary N) is 1. The van der Waals surface area contributed by atoms with Gasteiger partial charge in [0, 0.05) is 29.7 Å². The lowest BCUT2D eigenvalue weighted by Crippen LogP contribution is -2.41. The standard InChI is InChI=1S/C17H23FN4.HI/c18-13-6-7-16-15(10-13)12(11-21-16)8-9-20-17(19)22-14-4-2-1-3-5-14;/h6-7,10-11,14,21H,1-5,8-9H2,(H3,19,20,22);1H. The molecular formula is C17H24FIN4. The molecule has 0 saturated heterocycles. The number of aliphatic imine (C=N–C) groups is 1. The third-order valence-electron chi connectivity index (χ3n) is 4.35. The molecule has 1 aliphatic rings. The van der Waals surface area contributed by atoms with Crippen molar-refractivity contribution in [3.05, 3.63) is 35.8 Å². The normalized spacial score (nSPS) is 16.3. The van der Waals surface area contributed by atoms with Gasteiger partial charge >= 0.3 is 0 Å². The highest BCUT2D eigenvalue weighted by molar-refractivity contribution is 14.0. The van der Waals surface area contributed by atoms with Crippen LogP contribution in [0.1, 0.15) is 37.7 Å². The molecule has 1 heterocycles. The first-order chi connectivity index (χ1) is 10.7. The van der Waals surface area contributed by atoms with Gasteiger partial charge in [0.25, 0.3) is 0 Å². The van der Waals surface area contributed by atoms with E-state index in [4.69, 9.17) is 5.73 Å². The number of guanidine groups is 1. The van der Waals surface area contributed by atoms with Crippen LogP contribution in [0.5, 0.6) is 0 Å². The maximum Gasteiger partial charge on any atom is 0.188 e. The minimum absolute atomic E-state index is 0. The predicted octanol–water partition coefficient (Wildman–Crippen LogP) is 3.70. The van der Waals surface area contributed by atoms with Crippen molar-refractivity contribution in [1.82, 2.24) is 10.3 Å². The molecule has 3 rings (SSSR count). The quantitative estimate of drug-likeness (QED) is 0.394. The van der Waals surface area contributed by atoms with Gasteiger partial charge in [0.05, 0.1) is 0 Å². The van der Waals surface area contributed by atoms with Gasteiger partial charge in [-0.15, -0.1) is 24.0 Å². The number of benzene rings is 1. The molecule has 0 unspecified atom stereocenters. The lowest BCUT2D eigenvalue weighted by Gasteiger charge is -2.23. The second-order valence-electron chi connectivity index (χ2n) is 6.00. The summed E-state index contributed by atoms with van der Waals surface area (Å²) in [6, 6.07) is 5.26. The molecule has 0 bridgehead atoms. The molecular weight excluding hydrogens is 406 g/mol. The number of rotatable bonds is 4. The molecule has 1 aliphatic carbocycles. The maximum absolute atomic E-state index is 13.3. The predicted molar refractivity (Wildman–Crippen MR) is 104 cm³/mol. The molecule has 4 nitrogen and oxygen atoms in total. The monoisotopic (exact) mass is 430 g/mol. The van der Waals surface area contributed by atoms with Crippen molar-refractivity contribution in [2.45, 2.75) is 44.6 Å². The third-order valence-corrected chi connectivity index (χ3v) is 4.35. The number of nitrogens with zero attached hydrogens (tertiary/aromatic N) is 1. The topological polar surface area (TPSA) is 66.2 Å². The van der Waals surface area contributed by atoms with Crippen LogP contribution in [0, 0.1) is 5.82 Å². The van der Waals surface area contributed by atoms with Crippen molar-refractivity contribution < 1.29 is 4.39 Å². The zero-order valence-electron chi connectivity index (χ0n) is 13.1. The van der Waals surface area contributed by atoms with Gasteiger partial charge in [-0.2, -0.15) is 0 Å². The second kappa shape index (κ2) is 8.52. The van der Waals surface area contributed by atoms with E-state index in [0.717, 1.165) is 22.9 Å². The first kappa shape index (κ1) is 18.0. The third kappa shape index (κ3) is 4.83. The fourth-order valence-corrected chi connectivity index (χ4v) is 3.16. The zero-order valence-corrected chi connectivity index (χ0v) is 15.5. The average molecular weight is 430 g/mol. The van der Waals surface area contributed by atoms with Crippen molar-refractivity contribution in [2.24, 2.45) is 10.7 Å². The molecule has 1 aromatic heterocycles. The van der Waals surface area contributed by atoms with Crippen LogP contribution in [-0.4, -0.2) is 23.5 Å². The number of aromatic nitrogens is 1. The Bertz CT molecular complexity index is 662. The lowest BCUT2D eigenvalue weighted by atomic mass is 9.96. The van der Waals surface area contributed by atoms with Crippen molar-refractivity contribution in [3.63, 3.8) is 0 Å². The number of nitrogens with one attached hydrogen (secondary N) is 2. The zero-order chi connectivity index (χ0) is 15.4. The summed E-state index contributed by atoms with van der Waals surface area (Å²) < 4.78 is 13.3. The van der Waals surface area contributed by atoms with Crippen LogP contribution >= 0.6 is 24.0 Å². The van der Waals surface area contributed by atoms with Gasteiger partial charge in [0.15, 0.2) is 5.96 Å². The SMILES string of the molecule is I.NC(=NCCc1c[nH]c2ccc(F)cc12)NC1CCCCC1. The summed E-state index contributed by atoms with van der Waals surface area (Å²) in [6.07, 6.45) is 8.89. The van der Waals surface area contributed by atoms with E-state index in [9.17, 15) is 4.39 Å². The van der Waals surface area contributed by atoms with Crippen molar-refractivity contribution in [1.29, 1.82) is 0 Å². The van der Waals surface area contributed by atoms with Crippen LogP contribution in [0.3, 0.4) is 0 Å². The fraction of sp³-hybridized carbons (Fsp3) is 0.471. The molecule has 4 N–H and O–H groups in total. The van der Waals surface area contributed by atoms with Gasteiger partial charge in [0.1, 0.15) is 5.82 Å². The molecule has 126 valence electrons. The maximum atomic E-state index is 13.3. The molecule has 23 heavy (non-hydrogen) atoms. The van der Waals surface area contributed by atoms with Crippen molar-refractivity contribution >= 4 is 40.8 Å². The van der Waals surface area contributed by atoms with Crippen LogP contribution < -0.4 is 11.1 Å². The Kier molecular flexibility index (Phi) is 6.68. The Balaban J connectivity index is 0.00000192. The molecule has 0 spiro atoms. The van der Waals surface area contributed by atoms with E-state index in [1.165, 1.54) is 38.2 Å². The summed E-state index contributed by atoms with van der Waals surface area (Å²) in [6.45, 7) is 0.606. The van der Waals surface area contributed by atoms with Gasteiger partial charge in [-0.1, -0.05) is 19.3 Å². The molecule has 6 heteroatoms. The van der Waals surface area contributed by atoms with E-state index in [1.54, 1.807) is 12.1 Å². The van der Waals surface area contributed by atoms with Crippen LogP contribution in [0.4, 0.5) is 4.39 Å². The van der Waals surface area contributed by atoms with Gasteiger partial charge in [-0.25, -0.2) is 4.39 Å². The molecule has 1 fully saturated rings. The first-order valence-electron chi connectivity index (χ1n) is 8.04. The van der Waals surface area contributed by atoms with Crippen LogP contribution in [0.2, 0.25) is 0 Å². The Morgan fingerprint density at radius 2 is 2.09 bits per heavy atom. The number of hydrogen-bond donors (Lipinski definition) is 3. The highest BCUT2D eigenvalue weighted by Gasteiger charge is 2.13. The van der Waals surface area contributed by atoms with Crippen LogP contribution in [0.25, 0.3) is 10.9 Å². The Morgan fingerprint density at radius 1 is 1.30 bits per heavy atom. The number of halogens is 2. The van der Waals surface area contributed by atoms with Gasteiger partial charge < -0.3 is 16.0 Å².